The summed E-state index contributed by atoms with van der Waals surface area (Å²) in [5.74, 6) is -0.969. The van der Waals surface area contributed by atoms with E-state index in [-0.39, 0.29) is 12.3 Å². The number of rotatable bonds is 5. The van der Waals surface area contributed by atoms with Crippen LogP contribution in [0, 0.1) is 6.92 Å². The molecule has 0 fully saturated rings. The van der Waals surface area contributed by atoms with E-state index in [1.165, 1.54) is 0 Å². The summed E-state index contributed by atoms with van der Waals surface area (Å²) in [5, 5.41) is 11.5. The first kappa shape index (κ1) is 14.8. The Morgan fingerprint density at radius 1 is 1.10 bits per heavy atom. The van der Waals surface area contributed by atoms with Crippen molar-refractivity contribution >= 4 is 17.6 Å². The van der Waals surface area contributed by atoms with E-state index in [0.29, 0.717) is 17.7 Å². The zero-order valence-corrected chi connectivity index (χ0v) is 11.8. The molecule has 0 unspecified atom stereocenters. The van der Waals surface area contributed by atoms with E-state index in [1.54, 1.807) is 18.2 Å². The highest BCUT2D eigenvalue weighted by Gasteiger charge is 2.06. The van der Waals surface area contributed by atoms with Gasteiger partial charge in [0.1, 0.15) is 0 Å². The van der Waals surface area contributed by atoms with Crippen LogP contribution in [0.5, 0.6) is 0 Å². The average Bonchev–Trinajstić information content (AvgIpc) is 2.46. The number of amides is 1. The van der Waals surface area contributed by atoms with Crippen molar-refractivity contribution in [1.82, 2.24) is 0 Å². The molecule has 0 radical (unpaired) electrons. The third-order valence-corrected chi connectivity index (χ3v) is 3.12. The first-order valence-electron chi connectivity index (χ1n) is 6.73. The molecule has 2 aromatic carbocycles. The maximum absolute atomic E-state index is 12.1. The molecule has 0 saturated carbocycles. The van der Waals surface area contributed by atoms with Gasteiger partial charge in [0.05, 0.1) is 0 Å². The molecule has 0 aromatic heterocycles. The molecule has 0 saturated heterocycles. The lowest BCUT2D eigenvalue weighted by atomic mass is 10.1. The molecule has 0 aliphatic carbocycles. The van der Waals surface area contributed by atoms with Crippen molar-refractivity contribution in [2.75, 3.05) is 5.32 Å². The molecule has 4 heteroatoms. The number of carbonyl (C=O) groups is 2. The summed E-state index contributed by atoms with van der Waals surface area (Å²) in [6.07, 6.45) is 0.594. The summed E-state index contributed by atoms with van der Waals surface area (Å²) < 4.78 is 0. The van der Waals surface area contributed by atoms with Gasteiger partial charge in [-0.05, 0) is 43.2 Å². The molecule has 21 heavy (non-hydrogen) atoms. The fourth-order valence-electron chi connectivity index (χ4n) is 2.00. The smallest absolute Gasteiger partial charge is 0.303 e. The summed E-state index contributed by atoms with van der Waals surface area (Å²) in [5.41, 5.74) is 3.28. The molecule has 4 nitrogen and oxygen atoms in total. The number of hydrogen-bond donors (Lipinski definition) is 2. The minimum Gasteiger partial charge on any atom is -0.481 e. The lowest BCUT2D eigenvalue weighted by Crippen LogP contribution is -2.11. The van der Waals surface area contributed by atoms with Gasteiger partial charge in [0.2, 0.25) is 0 Å². The van der Waals surface area contributed by atoms with Gasteiger partial charge in [-0.3, -0.25) is 9.59 Å². The van der Waals surface area contributed by atoms with Crippen LogP contribution in [-0.4, -0.2) is 17.0 Å². The predicted molar refractivity (Wildman–Crippen MR) is 81.5 cm³/mol. The van der Waals surface area contributed by atoms with Crippen LogP contribution in [0.3, 0.4) is 0 Å². The van der Waals surface area contributed by atoms with Crippen molar-refractivity contribution in [3.8, 4) is 0 Å². The van der Waals surface area contributed by atoms with E-state index in [4.69, 9.17) is 5.11 Å². The molecule has 0 aliphatic heterocycles. The van der Waals surface area contributed by atoms with E-state index in [2.05, 4.69) is 5.32 Å². The highest BCUT2D eigenvalue weighted by Crippen LogP contribution is 2.13. The zero-order chi connectivity index (χ0) is 15.2. The second-order valence-electron chi connectivity index (χ2n) is 4.91. The molecule has 0 atom stereocenters. The van der Waals surface area contributed by atoms with Gasteiger partial charge in [-0.1, -0.05) is 29.8 Å². The van der Waals surface area contributed by atoms with Crippen LogP contribution in [-0.2, 0) is 11.2 Å². The lowest BCUT2D eigenvalue weighted by molar-refractivity contribution is -0.136. The van der Waals surface area contributed by atoms with Crippen molar-refractivity contribution < 1.29 is 14.7 Å². The Morgan fingerprint density at radius 3 is 2.43 bits per heavy atom. The normalized spacial score (nSPS) is 10.1. The Labute approximate surface area is 123 Å². The summed E-state index contributed by atoms with van der Waals surface area (Å²) in [7, 11) is 0. The lowest BCUT2D eigenvalue weighted by Gasteiger charge is -2.07. The van der Waals surface area contributed by atoms with Gasteiger partial charge in [0.25, 0.3) is 5.91 Å². The maximum Gasteiger partial charge on any atom is 0.303 e. The van der Waals surface area contributed by atoms with Crippen LogP contribution in [0.4, 0.5) is 5.69 Å². The molecule has 2 aromatic rings. The van der Waals surface area contributed by atoms with Gasteiger partial charge in [-0.2, -0.15) is 0 Å². The Bertz CT molecular complexity index is 647. The summed E-state index contributed by atoms with van der Waals surface area (Å²) in [4.78, 5) is 22.6. The first-order valence-corrected chi connectivity index (χ1v) is 6.73. The molecule has 0 aliphatic rings. The second-order valence-corrected chi connectivity index (χ2v) is 4.91. The highest BCUT2D eigenvalue weighted by molar-refractivity contribution is 6.04. The standard InChI is InChI=1S/C17H17NO3/c1-12-3-2-4-14(11-12)17(21)18-15-8-5-13(6-9-15)7-10-16(19)20/h2-6,8-9,11H,7,10H2,1H3,(H,18,21)(H,19,20). The molecular formula is C17H17NO3. The number of carbonyl (C=O) groups excluding carboxylic acids is 1. The number of aliphatic carboxylic acids is 1. The van der Waals surface area contributed by atoms with Crippen molar-refractivity contribution in [1.29, 1.82) is 0 Å². The van der Waals surface area contributed by atoms with Gasteiger partial charge >= 0.3 is 5.97 Å². The number of carboxylic acid groups (broad SMARTS) is 1. The van der Waals surface area contributed by atoms with Crippen molar-refractivity contribution in [2.24, 2.45) is 0 Å². The van der Waals surface area contributed by atoms with E-state index < -0.39 is 5.97 Å². The van der Waals surface area contributed by atoms with Gasteiger partial charge in [0, 0.05) is 17.7 Å². The van der Waals surface area contributed by atoms with Crippen LogP contribution in [0.2, 0.25) is 0 Å². The Balaban J connectivity index is 2.00. The highest BCUT2D eigenvalue weighted by atomic mass is 16.4. The fraction of sp³-hybridized carbons (Fsp3) is 0.176. The molecule has 0 heterocycles. The minimum absolute atomic E-state index is 0.106. The number of hydrogen-bond acceptors (Lipinski definition) is 2. The topological polar surface area (TPSA) is 66.4 Å². The number of aryl methyl sites for hydroxylation is 2. The SMILES string of the molecule is Cc1cccc(C(=O)Nc2ccc(CCC(=O)O)cc2)c1. The van der Waals surface area contributed by atoms with Crippen molar-refractivity contribution in [2.45, 2.75) is 19.8 Å². The van der Waals surface area contributed by atoms with Crippen LogP contribution in [0.15, 0.2) is 48.5 Å². The third-order valence-electron chi connectivity index (χ3n) is 3.12. The Kier molecular flexibility index (Phi) is 4.72. The second kappa shape index (κ2) is 6.70. The first-order chi connectivity index (χ1) is 10.0. The summed E-state index contributed by atoms with van der Waals surface area (Å²) in [6.45, 7) is 1.94. The molecule has 0 spiro atoms. The van der Waals surface area contributed by atoms with E-state index in [1.807, 2.05) is 37.3 Å². The molecule has 0 bridgehead atoms. The third kappa shape index (κ3) is 4.45. The van der Waals surface area contributed by atoms with Gasteiger partial charge in [0.15, 0.2) is 0 Å². The van der Waals surface area contributed by atoms with Crippen LogP contribution < -0.4 is 5.32 Å². The number of benzene rings is 2. The Hall–Kier alpha value is -2.62. The van der Waals surface area contributed by atoms with Crippen molar-refractivity contribution in [3.05, 3.63) is 65.2 Å². The quantitative estimate of drug-likeness (QED) is 0.885. The molecule has 1 amide bonds. The minimum atomic E-state index is -0.813. The summed E-state index contributed by atoms with van der Waals surface area (Å²) in [6, 6.07) is 14.6. The van der Waals surface area contributed by atoms with Crippen LogP contribution >= 0.6 is 0 Å². The predicted octanol–water partition coefficient (Wildman–Crippen LogP) is 3.26. The van der Waals surface area contributed by atoms with Crippen molar-refractivity contribution in [3.63, 3.8) is 0 Å². The Morgan fingerprint density at radius 2 is 1.81 bits per heavy atom. The monoisotopic (exact) mass is 283 g/mol. The van der Waals surface area contributed by atoms with E-state index in [9.17, 15) is 9.59 Å². The molecule has 108 valence electrons. The van der Waals surface area contributed by atoms with Gasteiger partial charge < -0.3 is 10.4 Å². The van der Waals surface area contributed by atoms with E-state index >= 15 is 0 Å². The van der Waals surface area contributed by atoms with Gasteiger partial charge in [-0.15, -0.1) is 0 Å². The maximum atomic E-state index is 12.1. The number of nitrogens with one attached hydrogen (secondary N) is 1. The van der Waals surface area contributed by atoms with Crippen LogP contribution in [0.25, 0.3) is 0 Å². The zero-order valence-electron chi connectivity index (χ0n) is 11.8. The average molecular weight is 283 g/mol. The van der Waals surface area contributed by atoms with Crippen LogP contribution in [0.1, 0.15) is 27.9 Å². The largest absolute Gasteiger partial charge is 0.481 e. The number of carboxylic acids is 1. The molecular weight excluding hydrogens is 266 g/mol. The van der Waals surface area contributed by atoms with E-state index in [0.717, 1.165) is 11.1 Å². The number of anilines is 1. The summed E-state index contributed by atoms with van der Waals surface area (Å²) >= 11 is 0. The van der Waals surface area contributed by atoms with Gasteiger partial charge in [-0.25, -0.2) is 0 Å². The fourth-order valence-corrected chi connectivity index (χ4v) is 2.00. The molecule has 2 N–H and O–H groups in total. The molecule has 2 rings (SSSR count).